The number of halogens is 1. The van der Waals surface area contributed by atoms with Gasteiger partial charge in [-0.2, -0.15) is 0 Å². The van der Waals surface area contributed by atoms with Gasteiger partial charge < -0.3 is 24.8 Å². The van der Waals surface area contributed by atoms with Gasteiger partial charge in [-0.15, -0.1) is 0 Å². The Kier molecular flexibility index (Phi) is 7.06. The Morgan fingerprint density at radius 2 is 1.73 bits per heavy atom. The van der Waals surface area contributed by atoms with Crippen LogP contribution < -0.4 is 20.1 Å². The first-order valence-electron chi connectivity index (χ1n) is 7.75. The van der Waals surface area contributed by atoms with Gasteiger partial charge in [0.2, 0.25) is 0 Å². The van der Waals surface area contributed by atoms with Crippen LogP contribution in [0.3, 0.4) is 0 Å². The second-order valence-corrected chi connectivity index (χ2v) is 5.88. The Hall–Kier alpha value is -2.51. The number of nitrogens with one attached hydrogen (secondary N) is 2. The first-order chi connectivity index (χ1) is 12.5. The van der Waals surface area contributed by atoms with Gasteiger partial charge in [0.1, 0.15) is 11.5 Å². The number of thiocarbonyl (C=S) groups is 1. The fourth-order valence-electron chi connectivity index (χ4n) is 2.15. The predicted molar refractivity (Wildman–Crippen MR) is 107 cm³/mol. The van der Waals surface area contributed by atoms with Crippen LogP contribution >= 0.6 is 23.8 Å². The molecule has 2 rings (SSSR count). The van der Waals surface area contributed by atoms with Gasteiger partial charge >= 0.3 is 5.97 Å². The largest absolute Gasteiger partial charge is 0.495 e. The average Bonchev–Trinajstić information content (AvgIpc) is 2.62. The van der Waals surface area contributed by atoms with Crippen molar-refractivity contribution in [2.75, 3.05) is 31.5 Å². The van der Waals surface area contributed by atoms with Gasteiger partial charge in [0.25, 0.3) is 0 Å². The SMILES string of the molecule is CCOC(=O)c1ccc(NC(=S)Nc2cc(Cl)c(OC)cc2OC)cc1. The monoisotopic (exact) mass is 394 g/mol. The first-order valence-corrected chi connectivity index (χ1v) is 8.53. The molecule has 26 heavy (non-hydrogen) atoms. The Labute approximate surface area is 162 Å². The topological polar surface area (TPSA) is 68.8 Å². The van der Waals surface area contributed by atoms with Crippen molar-refractivity contribution < 1.29 is 19.0 Å². The highest BCUT2D eigenvalue weighted by Crippen LogP contribution is 2.35. The molecule has 0 bridgehead atoms. The highest BCUT2D eigenvalue weighted by Gasteiger charge is 2.11. The van der Waals surface area contributed by atoms with Crippen LogP contribution in [-0.2, 0) is 4.74 Å². The maximum Gasteiger partial charge on any atom is 0.338 e. The molecule has 0 aromatic heterocycles. The summed E-state index contributed by atoms with van der Waals surface area (Å²) in [7, 11) is 3.07. The van der Waals surface area contributed by atoms with E-state index in [-0.39, 0.29) is 5.97 Å². The average molecular weight is 395 g/mol. The van der Waals surface area contributed by atoms with E-state index in [2.05, 4.69) is 10.6 Å². The van der Waals surface area contributed by atoms with E-state index >= 15 is 0 Å². The molecule has 2 N–H and O–H groups in total. The number of hydrogen-bond acceptors (Lipinski definition) is 5. The maximum absolute atomic E-state index is 11.7. The molecule has 0 fully saturated rings. The molecule has 0 atom stereocenters. The lowest BCUT2D eigenvalue weighted by atomic mass is 10.2. The molecular weight excluding hydrogens is 376 g/mol. The molecule has 0 radical (unpaired) electrons. The van der Waals surface area contributed by atoms with E-state index in [0.717, 1.165) is 0 Å². The van der Waals surface area contributed by atoms with Gasteiger partial charge in [0, 0.05) is 11.8 Å². The minimum Gasteiger partial charge on any atom is -0.495 e. The molecule has 0 aliphatic rings. The van der Waals surface area contributed by atoms with Gasteiger partial charge in [0.05, 0.1) is 37.1 Å². The number of esters is 1. The van der Waals surface area contributed by atoms with Crippen LogP contribution in [0.25, 0.3) is 0 Å². The van der Waals surface area contributed by atoms with Crippen LogP contribution in [0.5, 0.6) is 11.5 Å². The van der Waals surface area contributed by atoms with E-state index in [4.69, 9.17) is 38.0 Å². The molecule has 0 aliphatic carbocycles. The zero-order valence-electron chi connectivity index (χ0n) is 14.6. The fraction of sp³-hybridized carbons (Fsp3) is 0.222. The van der Waals surface area contributed by atoms with Crippen LogP contribution in [0.1, 0.15) is 17.3 Å². The molecule has 0 saturated carbocycles. The van der Waals surface area contributed by atoms with Crippen LogP contribution in [0.15, 0.2) is 36.4 Å². The quantitative estimate of drug-likeness (QED) is 0.557. The van der Waals surface area contributed by atoms with Crippen LogP contribution in [0, 0.1) is 0 Å². The van der Waals surface area contributed by atoms with Crippen LogP contribution in [0.4, 0.5) is 11.4 Å². The van der Waals surface area contributed by atoms with Crippen molar-refractivity contribution in [3.05, 3.63) is 47.0 Å². The van der Waals surface area contributed by atoms with Gasteiger partial charge in [-0.1, -0.05) is 11.6 Å². The van der Waals surface area contributed by atoms with Crippen molar-refractivity contribution in [2.24, 2.45) is 0 Å². The molecule has 138 valence electrons. The van der Waals surface area contributed by atoms with Crippen molar-refractivity contribution in [1.29, 1.82) is 0 Å². The highest BCUT2D eigenvalue weighted by atomic mass is 35.5. The van der Waals surface area contributed by atoms with E-state index in [9.17, 15) is 4.79 Å². The minimum absolute atomic E-state index is 0.332. The summed E-state index contributed by atoms with van der Waals surface area (Å²) >= 11 is 11.5. The van der Waals surface area contributed by atoms with Crippen molar-refractivity contribution in [3.8, 4) is 11.5 Å². The second-order valence-electron chi connectivity index (χ2n) is 5.06. The summed E-state index contributed by atoms with van der Waals surface area (Å²) in [6.45, 7) is 2.09. The molecule has 2 aromatic rings. The van der Waals surface area contributed by atoms with Crippen LogP contribution in [-0.4, -0.2) is 31.9 Å². The molecule has 0 amide bonds. The number of rotatable bonds is 6. The molecule has 2 aromatic carbocycles. The lowest BCUT2D eigenvalue weighted by Gasteiger charge is -2.15. The van der Waals surface area contributed by atoms with E-state index in [0.29, 0.717) is 45.2 Å². The van der Waals surface area contributed by atoms with E-state index in [1.54, 1.807) is 50.4 Å². The summed E-state index contributed by atoms with van der Waals surface area (Å²) in [5.41, 5.74) is 1.79. The molecule has 0 spiro atoms. The lowest BCUT2D eigenvalue weighted by Crippen LogP contribution is -2.19. The Morgan fingerprint density at radius 1 is 1.08 bits per heavy atom. The van der Waals surface area contributed by atoms with Gasteiger partial charge in [0.15, 0.2) is 5.11 Å². The summed E-state index contributed by atoms with van der Waals surface area (Å²) in [5, 5.41) is 6.82. The Bertz CT molecular complexity index is 797. The summed E-state index contributed by atoms with van der Waals surface area (Å²) < 4.78 is 15.4. The van der Waals surface area contributed by atoms with Crippen molar-refractivity contribution in [3.63, 3.8) is 0 Å². The summed E-state index contributed by atoms with van der Waals surface area (Å²) in [6.07, 6.45) is 0. The second kappa shape index (κ2) is 9.26. The zero-order valence-corrected chi connectivity index (χ0v) is 16.2. The summed E-state index contributed by atoms with van der Waals surface area (Å²) in [6, 6.07) is 10.1. The fourth-order valence-corrected chi connectivity index (χ4v) is 2.62. The smallest absolute Gasteiger partial charge is 0.338 e. The van der Waals surface area contributed by atoms with Gasteiger partial charge in [-0.3, -0.25) is 0 Å². The van der Waals surface area contributed by atoms with Gasteiger partial charge in [-0.05, 0) is 49.5 Å². The third kappa shape index (κ3) is 5.00. The number of hydrogen-bond donors (Lipinski definition) is 2. The molecular formula is C18H19ClN2O4S. The number of anilines is 2. The Balaban J connectivity index is 2.07. The third-order valence-electron chi connectivity index (χ3n) is 3.38. The van der Waals surface area contributed by atoms with Crippen LogP contribution in [0.2, 0.25) is 5.02 Å². The number of benzene rings is 2. The highest BCUT2D eigenvalue weighted by molar-refractivity contribution is 7.80. The normalized spacial score (nSPS) is 10.0. The Morgan fingerprint density at radius 3 is 2.31 bits per heavy atom. The summed E-state index contributed by atoms with van der Waals surface area (Å²) in [4.78, 5) is 11.7. The van der Waals surface area contributed by atoms with E-state index in [1.165, 1.54) is 7.11 Å². The van der Waals surface area contributed by atoms with Crippen molar-refractivity contribution in [1.82, 2.24) is 0 Å². The molecule has 8 heteroatoms. The zero-order chi connectivity index (χ0) is 19.1. The third-order valence-corrected chi connectivity index (χ3v) is 3.88. The molecule has 0 unspecified atom stereocenters. The minimum atomic E-state index is -0.364. The predicted octanol–water partition coefficient (Wildman–Crippen LogP) is 4.34. The van der Waals surface area contributed by atoms with E-state index in [1.807, 2.05) is 0 Å². The van der Waals surface area contributed by atoms with Gasteiger partial charge in [-0.25, -0.2) is 4.79 Å². The van der Waals surface area contributed by atoms with Crippen molar-refractivity contribution >= 4 is 46.3 Å². The molecule has 0 saturated heterocycles. The van der Waals surface area contributed by atoms with Crippen molar-refractivity contribution in [2.45, 2.75) is 6.92 Å². The molecule has 0 aliphatic heterocycles. The first kappa shape index (κ1) is 19.8. The number of carbonyl (C=O) groups is 1. The number of carbonyl (C=O) groups excluding carboxylic acids is 1. The molecule has 6 nitrogen and oxygen atoms in total. The summed E-state index contributed by atoms with van der Waals surface area (Å²) in [5.74, 6) is 0.674. The molecule has 0 heterocycles. The standard InChI is InChI=1S/C18H19ClN2O4S/c1-4-25-17(22)11-5-7-12(8-6-11)20-18(26)21-14-9-13(19)15(23-2)10-16(14)24-3/h5-10H,4H2,1-3H3,(H2,20,21,26). The van der Waals surface area contributed by atoms with E-state index < -0.39 is 0 Å². The number of methoxy groups -OCH3 is 2. The number of ether oxygens (including phenoxy) is 3. The maximum atomic E-state index is 11.7. The lowest BCUT2D eigenvalue weighted by molar-refractivity contribution is 0.0526.